The van der Waals surface area contributed by atoms with Gasteiger partial charge in [-0.1, -0.05) is 42.8 Å². The molecule has 1 N–H and O–H groups in total. The molecule has 0 unspecified atom stereocenters. The van der Waals surface area contributed by atoms with E-state index in [0.717, 1.165) is 12.0 Å². The zero-order chi connectivity index (χ0) is 17.8. The van der Waals surface area contributed by atoms with Gasteiger partial charge in [-0.3, -0.25) is 4.79 Å². The Hall–Kier alpha value is -2.00. The Morgan fingerprint density at radius 1 is 1.20 bits per heavy atom. The number of rotatable bonds is 6. The summed E-state index contributed by atoms with van der Waals surface area (Å²) in [4.78, 5) is 12.6. The second kappa shape index (κ2) is 7.92. The molecule has 1 amide bonds. The molecule has 2 atom stereocenters. The largest absolute Gasteiger partial charge is 0.481 e. The standard InChI is InChI=1S/C21H24ClNO2/c1-3-20(25-19-9-5-8-18(22)13-19)21(24)23-14(2)16-11-10-15-6-4-7-17(15)12-16/h5,8-14,20H,3-4,6-7H2,1-2H3,(H,23,24)/t14-,20+/m1/s1. The highest BCUT2D eigenvalue weighted by atomic mass is 35.5. The first kappa shape index (κ1) is 17.8. The van der Waals surface area contributed by atoms with Crippen molar-refractivity contribution in [3.63, 3.8) is 0 Å². The summed E-state index contributed by atoms with van der Waals surface area (Å²) < 4.78 is 5.82. The fourth-order valence-electron chi connectivity index (χ4n) is 3.28. The van der Waals surface area contributed by atoms with Gasteiger partial charge in [-0.15, -0.1) is 0 Å². The second-order valence-corrected chi connectivity index (χ2v) is 7.02. The lowest BCUT2D eigenvalue weighted by molar-refractivity contribution is -0.128. The van der Waals surface area contributed by atoms with Crippen LogP contribution in [0.4, 0.5) is 0 Å². The van der Waals surface area contributed by atoms with Gasteiger partial charge in [0.1, 0.15) is 5.75 Å². The first-order valence-corrected chi connectivity index (χ1v) is 9.29. The van der Waals surface area contributed by atoms with Crippen molar-refractivity contribution in [2.45, 2.75) is 51.7 Å². The molecule has 3 rings (SSSR count). The Kier molecular flexibility index (Phi) is 5.64. The van der Waals surface area contributed by atoms with E-state index in [-0.39, 0.29) is 11.9 Å². The Morgan fingerprint density at radius 2 is 2.00 bits per heavy atom. The maximum absolute atomic E-state index is 12.6. The number of fused-ring (bicyclic) bond motifs is 1. The summed E-state index contributed by atoms with van der Waals surface area (Å²) in [5, 5.41) is 3.67. The number of hydrogen-bond donors (Lipinski definition) is 1. The highest BCUT2D eigenvalue weighted by Crippen LogP contribution is 2.25. The molecule has 0 spiro atoms. The minimum Gasteiger partial charge on any atom is -0.481 e. The van der Waals surface area contributed by atoms with Crippen molar-refractivity contribution in [1.29, 1.82) is 0 Å². The van der Waals surface area contributed by atoms with E-state index in [9.17, 15) is 4.79 Å². The van der Waals surface area contributed by atoms with Crippen molar-refractivity contribution in [3.8, 4) is 5.75 Å². The van der Waals surface area contributed by atoms with Crippen LogP contribution in [0.25, 0.3) is 0 Å². The fraction of sp³-hybridized carbons (Fsp3) is 0.381. The summed E-state index contributed by atoms with van der Waals surface area (Å²) in [7, 11) is 0. The highest BCUT2D eigenvalue weighted by Gasteiger charge is 2.21. The van der Waals surface area contributed by atoms with Crippen LogP contribution in [0.5, 0.6) is 5.75 Å². The third-order valence-corrected chi connectivity index (χ3v) is 4.95. The highest BCUT2D eigenvalue weighted by molar-refractivity contribution is 6.30. The minimum absolute atomic E-state index is 0.0459. The van der Waals surface area contributed by atoms with Gasteiger partial charge in [0, 0.05) is 5.02 Å². The fourth-order valence-corrected chi connectivity index (χ4v) is 3.46. The van der Waals surface area contributed by atoms with Gasteiger partial charge >= 0.3 is 0 Å². The van der Waals surface area contributed by atoms with Gasteiger partial charge in [-0.25, -0.2) is 0 Å². The molecule has 0 saturated carbocycles. The van der Waals surface area contributed by atoms with E-state index in [1.54, 1.807) is 12.1 Å². The van der Waals surface area contributed by atoms with Gasteiger partial charge in [0.2, 0.25) is 0 Å². The van der Waals surface area contributed by atoms with Crippen molar-refractivity contribution in [1.82, 2.24) is 5.32 Å². The third kappa shape index (κ3) is 4.35. The number of halogens is 1. The number of carbonyl (C=O) groups excluding carboxylic acids is 1. The van der Waals surface area contributed by atoms with Gasteiger partial charge in [0.15, 0.2) is 6.10 Å². The van der Waals surface area contributed by atoms with E-state index in [2.05, 4.69) is 23.5 Å². The average molecular weight is 358 g/mol. The molecule has 25 heavy (non-hydrogen) atoms. The second-order valence-electron chi connectivity index (χ2n) is 6.58. The Bertz CT molecular complexity index is 759. The number of amides is 1. The van der Waals surface area contributed by atoms with Crippen LogP contribution in [-0.4, -0.2) is 12.0 Å². The van der Waals surface area contributed by atoms with E-state index in [1.807, 2.05) is 26.0 Å². The SMILES string of the molecule is CC[C@H](Oc1cccc(Cl)c1)C(=O)N[C@H](C)c1ccc2c(c1)CCC2. The maximum Gasteiger partial charge on any atom is 0.261 e. The lowest BCUT2D eigenvalue weighted by atomic mass is 10.0. The van der Waals surface area contributed by atoms with Crippen LogP contribution in [-0.2, 0) is 17.6 Å². The molecule has 4 heteroatoms. The summed E-state index contributed by atoms with van der Waals surface area (Å²) in [6.07, 6.45) is 3.59. The monoisotopic (exact) mass is 357 g/mol. The molecule has 132 valence electrons. The van der Waals surface area contributed by atoms with Crippen molar-refractivity contribution in [3.05, 3.63) is 64.2 Å². The van der Waals surface area contributed by atoms with E-state index in [1.165, 1.54) is 24.0 Å². The summed E-state index contributed by atoms with van der Waals surface area (Å²) in [6, 6.07) is 13.6. The molecule has 0 heterocycles. The molecule has 1 aliphatic rings. The molecule has 0 aromatic heterocycles. The van der Waals surface area contributed by atoms with Gasteiger partial charge in [-0.05, 0) is 67.5 Å². The lowest BCUT2D eigenvalue weighted by Crippen LogP contribution is -2.39. The lowest BCUT2D eigenvalue weighted by Gasteiger charge is -2.21. The van der Waals surface area contributed by atoms with Gasteiger partial charge in [-0.2, -0.15) is 0 Å². The van der Waals surface area contributed by atoms with E-state index < -0.39 is 6.10 Å². The van der Waals surface area contributed by atoms with E-state index >= 15 is 0 Å². The molecule has 1 aliphatic carbocycles. The predicted molar refractivity (Wildman–Crippen MR) is 101 cm³/mol. The maximum atomic E-state index is 12.6. The van der Waals surface area contributed by atoms with Crippen molar-refractivity contribution in [2.24, 2.45) is 0 Å². The molecular weight excluding hydrogens is 334 g/mol. The molecule has 2 aromatic carbocycles. The topological polar surface area (TPSA) is 38.3 Å². The number of hydrogen-bond acceptors (Lipinski definition) is 2. The zero-order valence-corrected chi connectivity index (χ0v) is 15.5. The normalized spacial score (nSPS) is 15.3. The summed E-state index contributed by atoms with van der Waals surface area (Å²) >= 11 is 5.98. The summed E-state index contributed by atoms with van der Waals surface area (Å²) in [5.74, 6) is 0.509. The molecule has 0 saturated heterocycles. The molecule has 0 fully saturated rings. The average Bonchev–Trinajstić information content (AvgIpc) is 3.07. The van der Waals surface area contributed by atoms with Gasteiger partial charge in [0.25, 0.3) is 5.91 Å². The molecule has 0 aliphatic heterocycles. The van der Waals surface area contributed by atoms with Gasteiger partial charge in [0.05, 0.1) is 6.04 Å². The zero-order valence-electron chi connectivity index (χ0n) is 14.7. The van der Waals surface area contributed by atoms with Crippen molar-refractivity contribution in [2.75, 3.05) is 0 Å². The van der Waals surface area contributed by atoms with Crippen LogP contribution >= 0.6 is 11.6 Å². The molecule has 0 bridgehead atoms. The molecule has 2 aromatic rings. The number of carbonyl (C=O) groups is 1. The van der Waals surface area contributed by atoms with Crippen molar-refractivity contribution >= 4 is 17.5 Å². The smallest absolute Gasteiger partial charge is 0.261 e. The first-order chi connectivity index (χ1) is 12.1. The summed E-state index contributed by atoms with van der Waals surface area (Å²) in [6.45, 7) is 3.95. The Labute approximate surface area is 154 Å². The van der Waals surface area contributed by atoms with Crippen LogP contribution in [0.1, 0.15) is 49.4 Å². The predicted octanol–water partition coefficient (Wildman–Crippen LogP) is 4.86. The molecule has 0 radical (unpaired) electrons. The quantitative estimate of drug-likeness (QED) is 0.801. The van der Waals surface area contributed by atoms with Gasteiger partial charge < -0.3 is 10.1 Å². The van der Waals surface area contributed by atoms with E-state index in [4.69, 9.17) is 16.3 Å². The summed E-state index contributed by atoms with van der Waals surface area (Å²) in [5.41, 5.74) is 4.01. The Morgan fingerprint density at radius 3 is 2.76 bits per heavy atom. The van der Waals surface area contributed by atoms with Crippen LogP contribution in [0, 0.1) is 0 Å². The van der Waals surface area contributed by atoms with E-state index in [0.29, 0.717) is 17.2 Å². The number of aryl methyl sites for hydroxylation is 2. The van der Waals surface area contributed by atoms with Crippen LogP contribution in [0.2, 0.25) is 5.02 Å². The molecule has 3 nitrogen and oxygen atoms in total. The number of ether oxygens (including phenoxy) is 1. The minimum atomic E-state index is -0.532. The molecular formula is C21H24ClNO2. The van der Waals surface area contributed by atoms with Crippen LogP contribution < -0.4 is 10.1 Å². The van der Waals surface area contributed by atoms with Crippen LogP contribution in [0.15, 0.2) is 42.5 Å². The van der Waals surface area contributed by atoms with Crippen LogP contribution in [0.3, 0.4) is 0 Å². The Balaban J connectivity index is 1.65. The van der Waals surface area contributed by atoms with Crippen molar-refractivity contribution < 1.29 is 9.53 Å². The number of nitrogens with one attached hydrogen (secondary N) is 1. The number of benzene rings is 2. The third-order valence-electron chi connectivity index (χ3n) is 4.72. The first-order valence-electron chi connectivity index (χ1n) is 8.91.